The van der Waals surface area contributed by atoms with Crippen LogP contribution in [0, 0.1) is 0 Å². The van der Waals surface area contributed by atoms with E-state index in [-0.39, 0.29) is 18.1 Å². The second kappa shape index (κ2) is 6.32. The number of carbonyl (C=O) groups excluding carboxylic acids is 1. The van der Waals surface area contributed by atoms with E-state index in [1.807, 2.05) is 41.4 Å². The number of methoxy groups -OCH3 is 1. The van der Waals surface area contributed by atoms with Crippen molar-refractivity contribution in [1.29, 1.82) is 0 Å². The number of hydrogen-bond donors (Lipinski definition) is 0. The van der Waals surface area contributed by atoms with E-state index in [9.17, 15) is 4.79 Å². The minimum Gasteiger partial charge on any atom is -0.481 e. The summed E-state index contributed by atoms with van der Waals surface area (Å²) in [5.74, 6) is 0.819. The average Bonchev–Trinajstić information content (AvgIpc) is 3.33. The van der Waals surface area contributed by atoms with Gasteiger partial charge < -0.3 is 14.4 Å². The largest absolute Gasteiger partial charge is 0.481 e. The van der Waals surface area contributed by atoms with E-state index in [0.717, 1.165) is 30.6 Å². The van der Waals surface area contributed by atoms with Gasteiger partial charge in [0.05, 0.1) is 19.7 Å². The molecule has 140 valence electrons. The molecular weight excluding hydrogens is 342 g/mol. The first-order valence-electron chi connectivity index (χ1n) is 9.46. The summed E-state index contributed by atoms with van der Waals surface area (Å²) in [6.45, 7) is 2.34. The minimum atomic E-state index is -0.475. The summed E-state index contributed by atoms with van der Waals surface area (Å²) in [5, 5.41) is 0. The van der Waals surface area contributed by atoms with Gasteiger partial charge in [0.1, 0.15) is 6.10 Å². The van der Waals surface area contributed by atoms with Crippen LogP contribution >= 0.6 is 0 Å². The second-order valence-corrected chi connectivity index (χ2v) is 7.52. The Morgan fingerprint density at radius 2 is 2.11 bits per heavy atom. The molecule has 3 fully saturated rings. The van der Waals surface area contributed by atoms with Gasteiger partial charge in [0.15, 0.2) is 5.72 Å². The number of pyridine rings is 1. The number of likely N-dealkylation sites (tertiary alicyclic amines) is 1. The van der Waals surface area contributed by atoms with Crippen LogP contribution in [0.4, 0.5) is 0 Å². The monoisotopic (exact) mass is 365 g/mol. The number of hydrogen-bond acceptors (Lipinski definition) is 5. The summed E-state index contributed by atoms with van der Waals surface area (Å²) < 4.78 is 11.7. The van der Waals surface area contributed by atoms with E-state index in [0.29, 0.717) is 18.8 Å². The molecule has 1 amide bonds. The fourth-order valence-corrected chi connectivity index (χ4v) is 4.80. The molecule has 3 atom stereocenters. The number of aromatic nitrogens is 1. The van der Waals surface area contributed by atoms with Crippen molar-refractivity contribution in [3.8, 4) is 5.88 Å². The van der Waals surface area contributed by atoms with Gasteiger partial charge in [-0.1, -0.05) is 36.4 Å². The highest BCUT2D eigenvalue weighted by molar-refractivity contribution is 5.81. The predicted molar refractivity (Wildman–Crippen MR) is 98.9 cm³/mol. The molecule has 3 aliphatic heterocycles. The lowest BCUT2D eigenvalue weighted by Gasteiger charge is -2.32. The van der Waals surface area contributed by atoms with Crippen molar-refractivity contribution in [2.45, 2.75) is 37.3 Å². The third-order valence-corrected chi connectivity index (χ3v) is 6.10. The average molecular weight is 365 g/mol. The summed E-state index contributed by atoms with van der Waals surface area (Å²) in [6, 6.07) is 14.2. The molecule has 2 aromatic rings. The van der Waals surface area contributed by atoms with Crippen LogP contribution in [-0.4, -0.2) is 52.7 Å². The smallest absolute Gasteiger partial charge is 0.226 e. The molecule has 6 nitrogen and oxygen atoms in total. The number of nitrogens with zero attached hydrogens (tertiary/aromatic N) is 3. The molecule has 3 saturated heterocycles. The number of amides is 1. The number of benzene rings is 1. The first-order chi connectivity index (χ1) is 13.2. The van der Waals surface area contributed by atoms with E-state index in [2.05, 4.69) is 22.0 Å². The molecule has 3 aliphatic rings. The fourth-order valence-electron chi connectivity index (χ4n) is 4.80. The Hall–Kier alpha value is -2.44. The third kappa shape index (κ3) is 2.63. The van der Waals surface area contributed by atoms with Gasteiger partial charge in [0, 0.05) is 38.2 Å². The van der Waals surface area contributed by atoms with Gasteiger partial charge in [0.2, 0.25) is 11.8 Å². The molecule has 6 heteroatoms. The highest BCUT2D eigenvalue weighted by atomic mass is 16.5. The van der Waals surface area contributed by atoms with Crippen molar-refractivity contribution < 1.29 is 14.3 Å². The van der Waals surface area contributed by atoms with Crippen LogP contribution < -0.4 is 4.74 Å². The Bertz CT molecular complexity index is 842. The zero-order chi connectivity index (χ0) is 18.4. The van der Waals surface area contributed by atoms with Crippen LogP contribution in [0.2, 0.25) is 0 Å². The van der Waals surface area contributed by atoms with E-state index in [1.54, 1.807) is 7.11 Å². The summed E-state index contributed by atoms with van der Waals surface area (Å²) in [6.07, 6.45) is 3.20. The lowest BCUT2D eigenvalue weighted by Crippen LogP contribution is -2.47. The maximum absolute atomic E-state index is 12.7. The van der Waals surface area contributed by atoms with Crippen LogP contribution in [-0.2, 0) is 16.1 Å². The molecule has 27 heavy (non-hydrogen) atoms. The minimum absolute atomic E-state index is 0.0412. The SMILES string of the molecule is COc1ccc(CN2CC[C@@]34O[C@@H](c5ccccc5)CN3C(=O)C[C@@H]24)cn1. The van der Waals surface area contributed by atoms with Crippen LogP contribution in [0.3, 0.4) is 0 Å². The molecule has 0 radical (unpaired) electrons. The van der Waals surface area contributed by atoms with Crippen molar-refractivity contribution >= 4 is 5.91 Å². The molecule has 0 aliphatic carbocycles. The molecule has 5 rings (SSSR count). The number of rotatable bonds is 4. The maximum atomic E-state index is 12.7. The van der Waals surface area contributed by atoms with Gasteiger partial charge in [-0.15, -0.1) is 0 Å². The Morgan fingerprint density at radius 3 is 2.85 bits per heavy atom. The summed E-state index contributed by atoms with van der Waals surface area (Å²) in [5.41, 5.74) is 1.79. The van der Waals surface area contributed by atoms with Gasteiger partial charge >= 0.3 is 0 Å². The van der Waals surface area contributed by atoms with Gasteiger partial charge in [0.25, 0.3) is 0 Å². The van der Waals surface area contributed by atoms with Crippen molar-refractivity contribution in [3.05, 3.63) is 59.8 Å². The Morgan fingerprint density at radius 1 is 1.26 bits per heavy atom. The van der Waals surface area contributed by atoms with Crippen molar-refractivity contribution in [3.63, 3.8) is 0 Å². The molecule has 0 saturated carbocycles. The zero-order valence-electron chi connectivity index (χ0n) is 15.4. The van der Waals surface area contributed by atoms with E-state index in [1.165, 1.54) is 0 Å². The summed E-state index contributed by atoms with van der Waals surface area (Å²) in [4.78, 5) is 21.4. The highest BCUT2D eigenvalue weighted by Crippen LogP contribution is 2.50. The molecule has 0 N–H and O–H groups in total. The Kier molecular flexibility index (Phi) is 3.91. The van der Waals surface area contributed by atoms with Crippen LogP contribution in [0.15, 0.2) is 48.7 Å². The lowest BCUT2D eigenvalue weighted by molar-refractivity contribution is -0.138. The van der Waals surface area contributed by atoms with Gasteiger partial charge in [-0.2, -0.15) is 0 Å². The quantitative estimate of drug-likeness (QED) is 0.833. The van der Waals surface area contributed by atoms with E-state index < -0.39 is 5.72 Å². The second-order valence-electron chi connectivity index (χ2n) is 7.52. The van der Waals surface area contributed by atoms with Gasteiger partial charge in [-0.05, 0) is 11.1 Å². The standard InChI is InChI=1S/C21H23N3O3/c1-26-19-8-7-15(12-22-19)13-23-10-9-21-18(23)11-20(25)24(21)14-17(27-21)16-5-3-2-4-6-16/h2-8,12,17-18H,9-11,13-14H2,1H3/t17-,18-,21+/m1/s1. The Labute approximate surface area is 158 Å². The van der Waals surface area contributed by atoms with E-state index >= 15 is 0 Å². The van der Waals surface area contributed by atoms with Crippen LogP contribution in [0.25, 0.3) is 0 Å². The molecule has 1 spiro atoms. The molecule has 1 aromatic carbocycles. The molecule has 0 bridgehead atoms. The van der Waals surface area contributed by atoms with Crippen LogP contribution in [0.1, 0.15) is 30.1 Å². The molecule has 1 aromatic heterocycles. The summed E-state index contributed by atoms with van der Waals surface area (Å²) >= 11 is 0. The Balaban J connectivity index is 1.37. The molecule has 0 unspecified atom stereocenters. The van der Waals surface area contributed by atoms with E-state index in [4.69, 9.17) is 9.47 Å². The maximum Gasteiger partial charge on any atom is 0.226 e. The topological polar surface area (TPSA) is 54.9 Å². The third-order valence-electron chi connectivity index (χ3n) is 6.10. The first-order valence-corrected chi connectivity index (χ1v) is 9.46. The van der Waals surface area contributed by atoms with Gasteiger partial charge in [-0.25, -0.2) is 4.98 Å². The van der Waals surface area contributed by atoms with Gasteiger partial charge in [-0.3, -0.25) is 9.69 Å². The molecule has 4 heterocycles. The van der Waals surface area contributed by atoms with Crippen LogP contribution in [0.5, 0.6) is 5.88 Å². The highest BCUT2D eigenvalue weighted by Gasteiger charge is 2.63. The normalized spacial score (nSPS) is 29.8. The lowest BCUT2D eigenvalue weighted by atomic mass is 10.1. The predicted octanol–water partition coefficient (Wildman–Crippen LogP) is 2.36. The van der Waals surface area contributed by atoms with Crippen molar-refractivity contribution in [1.82, 2.24) is 14.8 Å². The molecular formula is C21H23N3O3. The number of ether oxygens (including phenoxy) is 2. The van der Waals surface area contributed by atoms with Crippen molar-refractivity contribution in [2.24, 2.45) is 0 Å². The summed E-state index contributed by atoms with van der Waals surface area (Å²) in [7, 11) is 1.62. The number of carbonyl (C=O) groups is 1. The zero-order valence-corrected chi connectivity index (χ0v) is 15.4. The van der Waals surface area contributed by atoms with Crippen molar-refractivity contribution in [2.75, 3.05) is 20.2 Å². The first kappa shape index (κ1) is 16.7. The fraction of sp³-hybridized carbons (Fsp3) is 0.429.